The molecule has 3 nitrogen and oxygen atoms in total. The van der Waals surface area contributed by atoms with Crippen LogP contribution in [0.1, 0.15) is 0 Å². The van der Waals surface area contributed by atoms with Crippen molar-refractivity contribution in [2.45, 2.75) is 0 Å². The Labute approximate surface area is 53.0 Å². The van der Waals surface area contributed by atoms with Crippen molar-refractivity contribution in [3.05, 3.63) is 7.11 Å². The molecule has 8 heavy (non-hydrogen) atoms. The first-order valence-electron chi connectivity index (χ1n) is 2.07. The third-order valence-corrected chi connectivity index (χ3v) is 0.684. The zero-order chi connectivity index (χ0) is 6.41. The van der Waals surface area contributed by atoms with E-state index in [0.717, 1.165) is 0 Å². The summed E-state index contributed by atoms with van der Waals surface area (Å²) in [5, 5.41) is 2.33. The second kappa shape index (κ2) is 4.71. The molecular formula is C4H7ClNO2. The van der Waals surface area contributed by atoms with Crippen LogP contribution in [0.2, 0.25) is 0 Å². The predicted molar refractivity (Wildman–Crippen MR) is 30.6 cm³/mol. The number of hydrogen-bond donors (Lipinski definition) is 1. The van der Waals surface area contributed by atoms with Crippen LogP contribution in [0.5, 0.6) is 0 Å². The van der Waals surface area contributed by atoms with Gasteiger partial charge in [0, 0.05) is 12.4 Å². The van der Waals surface area contributed by atoms with Crippen LogP contribution >= 0.6 is 11.6 Å². The van der Waals surface area contributed by atoms with Crippen LogP contribution in [0.25, 0.3) is 0 Å². The molecule has 0 aromatic rings. The molecule has 0 aromatic heterocycles. The Morgan fingerprint density at radius 2 is 2.50 bits per heavy atom. The first kappa shape index (κ1) is 7.56. The van der Waals surface area contributed by atoms with Gasteiger partial charge in [-0.25, -0.2) is 4.79 Å². The van der Waals surface area contributed by atoms with E-state index in [0.29, 0.717) is 12.4 Å². The Morgan fingerprint density at radius 3 is 2.88 bits per heavy atom. The smallest absolute Gasteiger partial charge is 0.407 e. The molecular weight excluding hydrogens is 130 g/mol. The Kier molecular flexibility index (Phi) is 4.45. The lowest BCUT2D eigenvalue weighted by Crippen LogP contribution is -2.24. The molecule has 1 amide bonds. The topological polar surface area (TPSA) is 38.3 Å². The van der Waals surface area contributed by atoms with E-state index in [1.54, 1.807) is 0 Å². The molecule has 4 heteroatoms. The monoisotopic (exact) mass is 136 g/mol. The molecule has 0 spiro atoms. The van der Waals surface area contributed by atoms with Gasteiger partial charge in [0.1, 0.15) is 7.11 Å². The summed E-state index contributed by atoms with van der Waals surface area (Å²) in [6.45, 7) is 0.413. The molecule has 0 aromatic carbocycles. The lowest BCUT2D eigenvalue weighted by atomic mass is 10.7. The SMILES string of the molecule is [CH2]OC(=O)NCCCl. The van der Waals surface area contributed by atoms with Crippen molar-refractivity contribution in [3.63, 3.8) is 0 Å². The molecule has 0 atom stereocenters. The number of alkyl halides is 1. The van der Waals surface area contributed by atoms with E-state index < -0.39 is 6.09 Å². The van der Waals surface area contributed by atoms with E-state index >= 15 is 0 Å². The molecule has 0 aliphatic rings. The van der Waals surface area contributed by atoms with E-state index in [1.165, 1.54) is 0 Å². The van der Waals surface area contributed by atoms with E-state index in [4.69, 9.17) is 11.6 Å². The Bertz CT molecular complexity index is 76.4. The maximum atomic E-state index is 10.1. The highest BCUT2D eigenvalue weighted by atomic mass is 35.5. The quantitative estimate of drug-likeness (QED) is 0.569. The number of hydrogen-bond acceptors (Lipinski definition) is 2. The van der Waals surface area contributed by atoms with Gasteiger partial charge in [0.25, 0.3) is 0 Å². The second-order valence-electron chi connectivity index (χ2n) is 1.05. The third kappa shape index (κ3) is 3.74. The van der Waals surface area contributed by atoms with Crippen LogP contribution in [-0.2, 0) is 4.74 Å². The number of halogens is 1. The summed E-state index contributed by atoms with van der Waals surface area (Å²) in [4.78, 5) is 10.1. The summed E-state index contributed by atoms with van der Waals surface area (Å²) in [7, 11) is 2.88. The molecule has 47 valence electrons. The first-order chi connectivity index (χ1) is 3.81. The fraction of sp³-hybridized carbons (Fsp3) is 0.500. The van der Waals surface area contributed by atoms with Crippen LogP contribution in [0.15, 0.2) is 0 Å². The Hall–Kier alpha value is -0.440. The third-order valence-electron chi connectivity index (χ3n) is 0.495. The average molecular weight is 137 g/mol. The summed E-state index contributed by atoms with van der Waals surface area (Å²) in [6, 6.07) is 0. The van der Waals surface area contributed by atoms with Crippen molar-refractivity contribution in [1.82, 2.24) is 5.32 Å². The number of nitrogens with one attached hydrogen (secondary N) is 1. The number of alkyl carbamates (subject to hydrolysis) is 1. The summed E-state index contributed by atoms with van der Waals surface area (Å²) >= 11 is 5.21. The first-order valence-corrected chi connectivity index (χ1v) is 2.60. The molecule has 0 aliphatic carbocycles. The fourth-order valence-corrected chi connectivity index (χ4v) is 0.295. The van der Waals surface area contributed by atoms with Crippen LogP contribution in [0, 0.1) is 7.11 Å². The van der Waals surface area contributed by atoms with Crippen LogP contribution in [0.4, 0.5) is 4.79 Å². The van der Waals surface area contributed by atoms with E-state index in [9.17, 15) is 4.79 Å². The Morgan fingerprint density at radius 1 is 1.88 bits per heavy atom. The molecule has 1 N–H and O–H groups in total. The van der Waals surface area contributed by atoms with Gasteiger partial charge in [0.05, 0.1) is 0 Å². The zero-order valence-corrected chi connectivity index (χ0v) is 5.07. The maximum Gasteiger partial charge on any atom is 0.407 e. The molecule has 0 saturated heterocycles. The van der Waals surface area contributed by atoms with Crippen molar-refractivity contribution < 1.29 is 9.53 Å². The standard InChI is InChI=1S/C4H7ClNO2/c1-8-4(7)6-3-2-5/h1-3H2,(H,6,7). The number of carbonyl (C=O) groups excluding carboxylic acids is 1. The highest BCUT2D eigenvalue weighted by Gasteiger charge is 1.92. The number of amides is 1. The molecule has 0 heterocycles. The minimum absolute atomic E-state index is 0.384. The van der Waals surface area contributed by atoms with Crippen LogP contribution < -0.4 is 5.32 Å². The highest BCUT2D eigenvalue weighted by Crippen LogP contribution is 1.73. The van der Waals surface area contributed by atoms with E-state index in [2.05, 4.69) is 17.2 Å². The van der Waals surface area contributed by atoms with E-state index in [-0.39, 0.29) is 0 Å². The molecule has 0 bridgehead atoms. The van der Waals surface area contributed by atoms with Crippen molar-refractivity contribution in [1.29, 1.82) is 0 Å². The van der Waals surface area contributed by atoms with E-state index in [1.807, 2.05) is 0 Å². The number of carbonyl (C=O) groups is 1. The molecule has 0 fully saturated rings. The van der Waals surface area contributed by atoms with Crippen LogP contribution in [-0.4, -0.2) is 18.5 Å². The molecule has 1 radical (unpaired) electrons. The summed E-state index contributed by atoms with van der Waals surface area (Å²) in [5.74, 6) is 0.384. The lowest BCUT2D eigenvalue weighted by molar-refractivity contribution is 0.184. The van der Waals surface area contributed by atoms with Gasteiger partial charge in [-0.15, -0.1) is 11.6 Å². The number of rotatable bonds is 2. The van der Waals surface area contributed by atoms with Gasteiger partial charge in [-0.1, -0.05) is 0 Å². The normalized spacial score (nSPS) is 8.25. The predicted octanol–water partition coefficient (Wildman–Crippen LogP) is 0.743. The van der Waals surface area contributed by atoms with Gasteiger partial charge in [0.2, 0.25) is 0 Å². The molecule has 0 unspecified atom stereocenters. The molecule has 0 rings (SSSR count). The van der Waals surface area contributed by atoms with Gasteiger partial charge in [-0.05, 0) is 0 Å². The summed E-state index contributed by atoms with van der Waals surface area (Å²) < 4.78 is 3.99. The zero-order valence-electron chi connectivity index (χ0n) is 4.32. The average Bonchev–Trinajstić information content (AvgIpc) is 1.83. The Balaban J connectivity index is 2.99. The minimum Gasteiger partial charge on any atom is -0.446 e. The molecule has 0 saturated carbocycles. The van der Waals surface area contributed by atoms with Gasteiger partial charge in [-0.3, -0.25) is 0 Å². The van der Waals surface area contributed by atoms with Gasteiger partial charge in [-0.2, -0.15) is 0 Å². The van der Waals surface area contributed by atoms with Gasteiger partial charge >= 0.3 is 6.09 Å². The summed E-state index contributed by atoms with van der Waals surface area (Å²) in [5.41, 5.74) is 0. The van der Waals surface area contributed by atoms with Crippen molar-refractivity contribution >= 4 is 17.7 Å². The van der Waals surface area contributed by atoms with Crippen molar-refractivity contribution in [3.8, 4) is 0 Å². The maximum absolute atomic E-state index is 10.1. The number of ether oxygens (including phenoxy) is 1. The van der Waals surface area contributed by atoms with Gasteiger partial charge in [0.15, 0.2) is 0 Å². The largest absolute Gasteiger partial charge is 0.446 e. The van der Waals surface area contributed by atoms with Crippen LogP contribution in [0.3, 0.4) is 0 Å². The molecule has 0 aliphatic heterocycles. The minimum atomic E-state index is -0.550. The highest BCUT2D eigenvalue weighted by molar-refractivity contribution is 6.18. The summed E-state index contributed by atoms with van der Waals surface area (Å²) in [6.07, 6.45) is -0.550. The lowest BCUT2D eigenvalue weighted by Gasteiger charge is -1.97. The second-order valence-corrected chi connectivity index (χ2v) is 1.43. The van der Waals surface area contributed by atoms with Gasteiger partial charge < -0.3 is 10.1 Å². The van der Waals surface area contributed by atoms with Crippen molar-refractivity contribution in [2.75, 3.05) is 12.4 Å². The fourth-order valence-electron chi connectivity index (χ4n) is 0.200. The van der Waals surface area contributed by atoms with Crippen molar-refractivity contribution in [2.24, 2.45) is 0 Å².